The van der Waals surface area contributed by atoms with Crippen molar-refractivity contribution in [1.29, 1.82) is 0 Å². The lowest BCUT2D eigenvalue weighted by Crippen LogP contribution is -1.85. The van der Waals surface area contributed by atoms with Gasteiger partial charge < -0.3 is 5.21 Å². The molecule has 5 heteroatoms. The van der Waals surface area contributed by atoms with Crippen LogP contribution in [0.5, 0.6) is 0 Å². The van der Waals surface area contributed by atoms with Gasteiger partial charge in [-0.3, -0.25) is 0 Å². The number of oxime groups is 1. The van der Waals surface area contributed by atoms with Crippen molar-refractivity contribution in [2.75, 3.05) is 0 Å². The summed E-state index contributed by atoms with van der Waals surface area (Å²) in [5, 5.41) is 12.1. The van der Waals surface area contributed by atoms with Crippen molar-refractivity contribution in [3.63, 3.8) is 0 Å². The fourth-order valence-electron chi connectivity index (χ4n) is 0.719. The molecule has 0 bridgehead atoms. The highest BCUT2D eigenvalue weighted by Gasteiger charge is 2.06. The van der Waals surface area contributed by atoms with Crippen LogP contribution >= 0.6 is 34.8 Å². The van der Waals surface area contributed by atoms with E-state index in [0.717, 1.165) is 6.21 Å². The van der Waals surface area contributed by atoms with Crippen LogP contribution in [0.25, 0.3) is 0 Å². The van der Waals surface area contributed by atoms with Gasteiger partial charge in [-0.2, -0.15) is 0 Å². The Morgan fingerprint density at radius 3 is 2.33 bits per heavy atom. The largest absolute Gasteiger partial charge is 0.411 e. The highest BCUT2D eigenvalue weighted by atomic mass is 35.5. The van der Waals surface area contributed by atoms with Crippen molar-refractivity contribution >= 4 is 41.0 Å². The Hall–Kier alpha value is -0.440. The summed E-state index contributed by atoms with van der Waals surface area (Å²) in [7, 11) is 0. The summed E-state index contributed by atoms with van der Waals surface area (Å²) in [4.78, 5) is 0. The molecule has 0 unspecified atom stereocenters. The summed E-state index contributed by atoms with van der Waals surface area (Å²) < 4.78 is 0. The standard InChI is InChI=1S/C7H4Cl3NO/c8-5-1-2-6(9)7(10)4(5)3-11-12/h1-3,12H/b11-3+. The molecule has 0 aliphatic rings. The average Bonchev–Trinajstić information content (AvgIpc) is 2.06. The lowest BCUT2D eigenvalue weighted by atomic mass is 10.2. The van der Waals surface area contributed by atoms with Crippen molar-refractivity contribution < 1.29 is 5.21 Å². The molecule has 1 N–H and O–H groups in total. The van der Waals surface area contributed by atoms with Gasteiger partial charge in [0.05, 0.1) is 21.3 Å². The van der Waals surface area contributed by atoms with Gasteiger partial charge in [0.1, 0.15) is 0 Å². The minimum Gasteiger partial charge on any atom is -0.411 e. The predicted molar refractivity (Wildman–Crippen MR) is 50.9 cm³/mol. The number of hydrogen-bond donors (Lipinski definition) is 1. The van der Waals surface area contributed by atoms with Crippen LogP contribution in [-0.2, 0) is 0 Å². The number of hydrogen-bond acceptors (Lipinski definition) is 2. The van der Waals surface area contributed by atoms with E-state index in [1.54, 1.807) is 12.1 Å². The first kappa shape index (κ1) is 9.65. The highest BCUT2D eigenvalue weighted by molar-refractivity contribution is 6.45. The molecular weight excluding hydrogens is 220 g/mol. The molecule has 0 amide bonds. The Bertz CT molecular complexity index is 325. The maximum absolute atomic E-state index is 8.27. The van der Waals surface area contributed by atoms with Gasteiger partial charge in [0.15, 0.2) is 0 Å². The maximum atomic E-state index is 8.27. The van der Waals surface area contributed by atoms with E-state index in [1.165, 1.54) is 0 Å². The second-order valence-electron chi connectivity index (χ2n) is 2.00. The molecule has 0 fully saturated rings. The molecular formula is C7H4Cl3NO. The van der Waals surface area contributed by atoms with Crippen LogP contribution in [0.4, 0.5) is 0 Å². The van der Waals surface area contributed by atoms with E-state index in [0.29, 0.717) is 15.6 Å². The summed E-state index contributed by atoms with van der Waals surface area (Å²) in [6.07, 6.45) is 1.14. The minimum atomic E-state index is 0.280. The molecule has 0 heterocycles. The zero-order valence-electron chi connectivity index (χ0n) is 5.76. The van der Waals surface area contributed by atoms with Crippen LogP contribution in [0.3, 0.4) is 0 Å². The fraction of sp³-hybridized carbons (Fsp3) is 0. The highest BCUT2D eigenvalue weighted by Crippen LogP contribution is 2.29. The quantitative estimate of drug-likeness (QED) is 0.337. The topological polar surface area (TPSA) is 32.6 Å². The molecule has 1 aromatic carbocycles. The third kappa shape index (κ3) is 1.83. The van der Waals surface area contributed by atoms with E-state index in [-0.39, 0.29) is 5.02 Å². The van der Waals surface area contributed by atoms with Gasteiger partial charge in [-0.25, -0.2) is 0 Å². The summed E-state index contributed by atoms with van der Waals surface area (Å²) in [5.74, 6) is 0. The molecule has 0 saturated heterocycles. The Morgan fingerprint density at radius 2 is 1.75 bits per heavy atom. The molecule has 2 nitrogen and oxygen atoms in total. The molecule has 1 rings (SSSR count). The van der Waals surface area contributed by atoms with Gasteiger partial charge in [-0.15, -0.1) is 0 Å². The number of rotatable bonds is 1. The molecule has 0 spiro atoms. The first-order chi connectivity index (χ1) is 5.66. The van der Waals surface area contributed by atoms with Crippen LogP contribution in [-0.4, -0.2) is 11.4 Å². The third-order valence-corrected chi connectivity index (χ3v) is 2.41. The molecule has 0 aliphatic heterocycles. The number of nitrogens with zero attached hydrogens (tertiary/aromatic N) is 1. The number of halogens is 3. The average molecular weight is 224 g/mol. The lowest BCUT2D eigenvalue weighted by molar-refractivity contribution is 0.322. The monoisotopic (exact) mass is 223 g/mol. The van der Waals surface area contributed by atoms with Crippen LogP contribution in [0.1, 0.15) is 5.56 Å². The van der Waals surface area contributed by atoms with Crippen LogP contribution < -0.4 is 0 Å². The van der Waals surface area contributed by atoms with E-state index in [4.69, 9.17) is 40.0 Å². The summed E-state index contributed by atoms with van der Waals surface area (Å²) in [5.41, 5.74) is 0.410. The third-order valence-electron chi connectivity index (χ3n) is 1.27. The van der Waals surface area contributed by atoms with Gasteiger partial charge in [0, 0.05) is 5.56 Å². The van der Waals surface area contributed by atoms with Crippen LogP contribution in [0.15, 0.2) is 17.3 Å². The Labute approximate surface area is 84.3 Å². The fourth-order valence-corrected chi connectivity index (χ4v) is 1.35. The summed E-state index contributed by atoms with van der Waals surface area (Å²) >= 11 is 17.2. The zero-order valence-corrected chi connectivity index (χ0v) is 8.03. The molecule has 0 aromatic heterocycles. The van der Waals surface area contributed by atoms with Crippen molar-refractivity contribution in [2.24, 2.45) is 5.16 Å². The molecule has 64 valence electrons. The normalized spacial score (nSPS) is 10.9. The first-order valence-corrected chi connectivity index (χ1v) is 4.11. The predicted octanol–water partition coefficient (Wildman–Crippen LogP) is 3.45. The van der Waals surface area contributed by atoms with E-state index in [1.807, 2.05) is 0 Å². The van der Waals surface area contributed by atoms with Gasteiger partial charge >= 0.3 is 0 Å². The van der Waals surface area contributed by atoms with Gasteiger partial charge in [-0.1, -0.05) is 40.0 Å². The van der Waals surface area contributed by atoms with E-state index < -0.39 is 0 Å². The van der Waals surface area contributed by atoms with E-state index in [2.05, 4.69) is 5.16 Å². The van der Waals surface area contributed by atoms with Crippen molar-refractivity contribution in [1.82, 2.24) is 0 Å². The summed E-state index contributed by atoms with van der Waals surface area (Å²) in [6.45, 7) is 0. The molecule has 0 saturated carbocycles. The Kier molecular flexibility index (Phi) is 3.20. The summed E-state index contributed by atoms with van der Waals surface area (Å²) in [6, 6.07) is 3.15. The molecule has 0 atom stereocenters. The minimum absolute atomic E-state index is 0.280. The van der Waals surface area contributed by atoms with Gasteiger partial charge in [0.25, 0.3) is 0 Å². The number of benzene rings is 1. The lowest BCUT2D eigenvalue weighted by Gasteiger charge is -2.01. The zero-order chi connectivity index (χ0) is 9.14. The smallest absolute Gasteiger partial charge is 0.0764 e. The van der Waals surface area contributed by atoms with Crippen molar-refractivity contribution in [3.8, 4) is 0 Å². The maximum Gasteiger partial charge on any atom is 0.0764 e. The van der Waals surface area contributed by atoms with Crippen LogP contribution in [0.2, 0.25) is 15.1 Å². The van der Waals surface area contributed by atoms with Crippen molar-refractivity contribution in [3.05, 3.63) is 32.8 Å². The van der Waals surface area contributed by atoms with E-state index in [9.17, 15) is 0 Å². The second kappa shape index (κ2) is 3.99. The Morgan fingerprint density at radius 1 is 1.17 bits per heavy atom. The van der Waals surface area contributed by atoms with Gasteiger partial charge in [0.2, 0.25) is 0 Å². The SMILES string of the molecule is O/N=C/c1c(Cl)ccc(Cl)c1Cl. The molecule has 0 aliphatic carbocycles. The van der Waals surface area contributed by atoms with E-state index >= 15 is 0 Å². The van der Waals surface area contributed by atoms with Gasteiger partial charge in [-0.05, 0) is 12.1 Å². The molecule has 12 heavy (non-hydrogen) atoms. The molecule has 0 radical (unpaired) electrons. The van der Waals surface area contributed by atoms with Crippen molar-refractivity contribution in [2.45, 2.75) is 0 Å². The Balaban J connectivity index is 3.32. The first-order valence-electron chi connectivity index (χ1n) is 2.97. The van der Waals surface area contributed by atoms with Crippen LogP contribution in [0, 0.1) is 0 Å². The molecule has 1 aromatic rings. The second-order valence-corrected chi connectivity index (χ2v) is 3.19.